The monoisotopic (exact) mass is 404 g/mol. The van der Waals surface area contributed by atoms with Gasteiger partial charge in [0.1, 0.15) is 0 Å². The van der Waals surface area contributed by atoms with Gasteiger partial charge in [0.15, 0.2) is 0 Å². The van der Waals surface area contributed by atoms with Crippen molar-refractivity contribution >= 4 is 35.0 Å². The average molecular weight is 405 g/mol. The van der Waals surface area contributed by atoms with E-state index in [0.717, 1.165) is 49.9 Å². The molecule has 3 N–H and O–H groups in total. The third kappa shape index (κ3) is 6.78. The molecule has 2 aromatic carbocycles. The van der Waals surface area contributed by atoms with Crippen LogP contribution in [0.15, 0.2) is 42.5 Å². The van der Waals surface area contributed by atoms with Gasteiger partial charge in [-0.2, -0.15) is 0 Å². The zero-order valence-electron chi connectivity index (χ0n) is 16.1. The van der Waals surface area contributed by atoms with Gasteiger partial charge >= 0.3 is 0 Å². The van der Waals surface area contributed by atoms with E-state index in [0.29, 0.717) is 25.1 Å². The number of nitrogens with one attached hydrogen (secondary N) is 3. The maximum atomic E-state index is 12.3. The second-order valence-electron chi connectivity index (χ2n) is 6.86. The molecule has 0 spiro atoms. The Morgan fingerprint density at radius 3 is 2.50 bits per heavy atom. The molecule has 1 heterocycles. The molecule has 2 aromatic rings. The van der Waals surface area contributed by atoms with Crippen molar-refractivity contribution in [2.24, 2.45) is 0 Å². The number of carbonyl (C=O) groups is 2. The van der Waals surface area contributed by atoms with Crippen LogP contribution in [0.25, 0.3) is 10.8 Å². The smallest absolute Gasteiger partial charge is 0.251 e. The molecule has 1 aliphatic heterocycles. The van der Waals surface area contributed by atoms with Crippen molar-refractivity contribution in [3.63, 3.8) is 0 Å². The minimum atomic E-state index is -0.146. The van der Waals surface area contributed by atoms with E-state index in [1.165, 1.54) is 0 Å². The lowest BCUT2D eigenvalue weighted by molar-refractivity contribution is -0.120. The van der Waals surface area contributed by atoms with Gasteiger partial charge in [0, 0.05) is 51.3 Å². The molecule has 0 unspecified atom stereocenters. The Morgan fingerprint density at radius 1 is 0.964 bits per heavy atom. The molecule has 0 bridgehead atoms. The summed E-state index contributed by atoms with van der Waals surface area (Å²) in [6, 6.07) is 13.6. The number of piperazine rings is 1. The zero-order valence-corrected chi connectivity index (χ0v) is 16.9. The molecule has 0 radical (unpaired) electrons. The van der Waals surface area contributed by atoms with Crippen molar-refractivity contribution in [1.29, 1.82) is 0 Å². The van der Waals surface area contributed by atoms with Crippen molar-refractivity contribution < 1.29 is 9.59 Å². The van der Waals surface area contributed by atoms with Gasteiger partial charge in [-0.1, -0.05) is 30.3 Å². The van der Waals surface area contributed by atoms with Crippen LogP contribution in [0.1, 0.15) is 23.2 Å². The van der Waals surface area contributed by atoms with E-state index in [9.17, 15) is 9.59 Å². The fourth-order valence-electron chi connectivity index (χ4n) is 3.28. The fraction of sp³-hybridized carbons (Fsp3) is 0.429. The molecule has 1 saturated heterocycles. The number of halogens is 1. The molecule has 3 rings (SSSR count). The predicted octanol–water partition coefficient (Wildman–Crippen LogP) is 1.79. The first-order valence-corrected chi connectivity index (χ1v) is 9.69. The van der Waals surface area contributed by atoms with Crippen LogP contribution in [0.5, 0.6) is 0 Å². The van der Waals surface area contributed by atoms with E-state index in [1.54, 1.807) is 0 Å². The van der Waals surface area contributed by atoms with Crippen LogP contribution in [0.2, 0.25) is 0 Å². The first kappa shape index (κ1) is 22.1. The van der Waals surface area contributed by atoms with Crippen LogP contribution in [0.4, 0.5) is 0 Å². The lowest BCUT2D eigenvalue weighted by Gasteiger charge is -2.27. The highest BCUT2D eigenvalue weighted by molar-refractivity contribution is 5.98. The number of fused-ring (bicyclic) bond motifs is 1. The standard InChI is InChI=1S/C21H28N4O2.ClH/c26-20(23-9-3-13-25-14-11-22-12-15-25)8-10-24-21(27)19-7-6-17-4-1-2-5-18(17)16-19;/h1-2,4-7,16,22H,3,8-15H2,(H,23,26)(H,24,27);1H. The maximum absolute atomic E-state index is 12.3. The summed E-state index contributed by atoms with van der Waals surface area (Å²) in [6.45, 7) is 6.29. The molecular weight excluding hydrogens is 376 g/mol. The van der Waals surface area contributed by atoms with Crippen molar-refractivity contribution in [3.8, 4) is 0 Å². The second-order valence-corrected chi connectivity index (χ2v) is 6.86. The Morgan fingerprint density at radius 2 is 1.71 bits per heavy atom. The van der Waals surface area contributed by atoms with Crippen LogP contribution < -0.4 is 16.0 Å². The van der Waals surface area contributed by atoms with E-state index in [2.05, 4.69) is 20.9 Å². The Labute approximate surface area is 172 Å². The van der Waals surface area contributed by atoms with Crippen LogP contribution in [-0.2, 0) is 4.79 Å². The van der Waals surface area contributed by atoms with Crippen LogP contribution >= 0.6 is 12.4 Å². The second kappa shape index (κ2) is 11.6. The minimum absolute atomic E-state index is 0. The van der Waals surface area contributed by atoms with E-state index in [1.807, 2.05) is 42.5 Å². The van der Waals surface area contributed by atoms with Crippen LogP contribution in [0, 0.1) is 0 Å². The van der Waals surface area contributed by atoms with Crippen molar-refractivity contribution in [2.75, 3.05) is 45.8 Å². The quantitative estimate of drug-likeness (QED) is 0.586. The van der Waals surface area contributed by atoms with Crippen LogP contribution in [0.3, 0.4) is 0 Å². The summed E-state index contributed by atoms with van der Waals surface area (Å²) in [6.07, 6.45) is 1.25. The fourth-order valence-corrected chi connectivity index (χ4v) is 3.28. The zero-order chi connectivity index (χ0) is 18.9. The van der Waals surface area contributed by atoms with Gasteiger partial charge in [-0.3, -0.25) is 9.59 Å². The molecule has 28 heavy (non-hydrogen) atoms. The number of hydrogen-bond donors (Lipinski definition) is 3. The summed E-state index contributed by atoms with van der Waals surface area (Å²) in [4.78, 5) is 26.6. The molecule has 0 saturated carbocycles. The average Bonchev–Trinajstić information content (AvgIpc) is 2.71. The molecule has 6 nitrogen and oxygen atoms in total. The summed E-state index contributed by atoms with van der Waals surface area (Å²) >= 11 is 0. The van der Waals surface area contributed by atoms with Gasteiger partial charge in [0.2, 0.25) is 5.91 Å². The number of amides is 2. The molecule has 0 aliphatic carbocycles. The third-order valence-corrected chi connectivity index (χ3v) is 4.83. The highest BCUT2D eigenvalue weighted by Crippen LogP contribution is 2.15. The molecule has 0 aromatic heterocycles. The lowest BCUT2D eigenvalue weighted by atomic mass is 10.1. The third-order valence-electron chi connectivity index (χ3n) is 4.83. The summed E-state index contributed by atoms with van der Waals surface area (Å²) in [5.41, 5.74) is 0.616. The number of carbonyl (C=O) groups excluding carboxylic acids is 2. The van der Waals surface area contributed by atoms with Crippen LogP contribution in [-0.4, -0.2) is 62.5 Å². The van der Waals surface area contributed by atoms with E-state index < -0.39 is 0 Å². The first-order valence-electron chi connectivity index (χ1n) is 9.69. The Kier molecular flexibility index (Phi) is 9.20. The summed E-state index contributed by atoms with van der Waals surface area (Å²) < 4.78 is 0. The molecular formula is C21H29ClN4O2. The highest BCUT2D eigenvalue weighted by Gasteiger charge is 2.09. The molecule has 1 fully saturated rings. The number of benzene rings is 2. The summed E-state index contributed by atoms with van der Waals surface area (Å²) in [7, 11) is 0. The van der Waals surface area contributed by atoms with Gasteiger partial charge in [-0.25, -0.2) is 0 Å². The molecule has 7 heteroatoms. The summed E-state index contributed by atoms with van der Waals surface area (Å²) in [5, 5.41) is 11.2. The van der Waals surface area contributed by atoms with Crippen molar-refractivity contribution in [1.82, 2.24) is 20.9 Å². The highest BCUT2D eigenvalue weighted by atomic mass is 35.5. The predicted molar refractivity (Wildman–Crippen MR) is 115 cm³/mol. The number of nitrogens with zero attached hydrogens (tertiary/aromatic N) is 1. The molecule has 1 aliphatic rings. The van der Waals surface area contributed by atoms with Gasteiger partial charge in [0.05, 0.1) is 0 Å². The topological polar surface area (TPSA) is 73.5 Å². The Hall–Kier alpha value is -2.15. The molecule has 0 atom stereocenters. The van der Waals surface area contributed by atoms with Gasteiger partial charge in [-0.15, -0.1) is 12.4 Å². The Bertz CT molecular complexity index is 778. The van der Waals surface area contributed by atoms with E-state index >= 15 is 0 Å². The van der Waals surface area contributed by atoms with Gasteiger partial charge < -0.3 is 20.9 Å². The normalized spacial score (nSPS) is 14.3. The minimum Gasteiger partial charge on any atom is -0.356 e. The summed E-state index contributed by atoms with van der Waals surface area (Å²) in [5.74, 6) is -0.165. The van der Waals surface area contributed by atoms with Crippen molar-refractivity contribution in [2.45, 2.75) is 12.8 Å². The van der Waals surface area contributed by atoms with E-state index in [4.69, 9.17) is 0 Å². The lowest BCUT2D eigenvalue weighted by Crippen LogP contribution is -2.44. The number of hydrogen-bond acceptors (Lipinski definition) is 4. The van der Waals surface area contributed by atoms with Gasteiger partial charge in [0.25, 0.3) is 5.91 Å². The SMILES string of the molecule is Cl.O=C(CCNC(=O)c1ccc2ccccc2c1)NCCCN1CCNCC1. The molecule has 152 valence electrons. The number of rotatable bonds is 8. The van der Waals surface area contributed by atoms with E-state index in [-0.39, 0.29) is 24.2 Å². The first-order chi connectivity index (χ1) is 13.2. The Balaban J connectivity index is 0.00000280. The maximum Gasteiger partial charge on any atom is 0.251 e. The van der Waals surface area contributed by atoms with Crippen molar-refractivity contribution in [3.05, 3.63) is 48.0 Å². The molecule has 2 amide bonds. The van der Waals surface area contributed by atoms with Gasteiger partial charge in [-0.05, 0) is 35.9 Å². The largest absolute Gasteiger partial charge is 0.356 e.